The monoisotopic (exact) mass is 219 g/mol. The Morgan fingerprint density at radius 2 is 1.50 bits per heavy atom. The van der Waals surface area contributed by atoms with Crippen LogP contribution in [0.5, 0.6) is 0 Å². The van der Waals surface area contributed by atoms with Gasteiger partial charge in [0.2, 0.25) is 0 Å². The van der Waals surface area contributed by atoms with E-state index in [1.165, 1.54) is 17.0 Å². The summed E-state index contributed by atoms with van der Waals surface area (Å²) in [4.78, 5) is 4.84. The summed E-state index contributed by atoms with van der Waals surface area (Å²) < 4.78 is 0. The topological polar surface area (TPSA) is 12.9 Å². The molecule has 0 saturated carbocycles. The quantitative estimate of drug-likeness (QED) is 0.707. The zero-order valence-electron chi connectivity index (χ0n) is 11.8. The molecule has 1 aromatic rings. The molecule has 1 nitrogen and oxygen atoms in total. The molecule has 1 aromatic heterocycles. The summed E-state index contributed by atoms with van der Waals surface area (Å²) in [5, 5.41) is 0. The molecule has 0 aliphatic rings. The maximum atomic E-state index is 4.84. The van der Waals surface area contributed by atoms with Crippen LogP contribution in [0.1, 0.15) is 77.3 Å². The first-order chi connectivity index (χ1) is 7.23. The third-order valence-electron chi connectivity index (χ3n) is 2.89. The number of aromatic nitrogens is 1. The van der Waals surface area contributed by atoms with E-state index in [-0.39, 0.29) is 5.41 Å². The van der Waals surface area contributed by atoms with E-state index in [0.717, 1.165) is 0 Å². The van der Waals surface area contributed by atoms with Gasteiger partial charge in [-0.05, 0) is 28.9 Å². The molecule has 0 aliphatic heterocycles. The van der Waals surface area contributed by atoms with Crippen molar-refractivity contribution in [1.29, 1.82) is 0 Å². The minimum Gasteiger partial charge on any atom is -0.257 e. The summed E-state index contributed by atoms with van der Waals surface area (Å²) in [6.45, 7) is 15.6. The summed E-state index contributed by atoms with van der Waals surface area (Å²) in [5.74, 6) is 0.999. The normalized spacial score (nSPS) is 12.6. The van der Waals surface area contributed by atoms with E-state index in [2.05, 4.69) is 60.6 Å². The maximum Gasteiger partial charge on any atom is 0.0469 e. The van der Waals surface area contributed by atoms with E-state index in [1.54, 1.807) is 0 Å². The molecule has 0 N–H and O–H groups in total. The Morgan fingerprint density at radius 1 is 0.938 bits per heavy atom. The van der Waals surface area contributed by atoms with Gasteiger partial charge in [0.25, 0.3) is 0 Å². The van der Waals surface area contributed by atoms with Gasteiger partial charge in [-0.1, -0.05) is 54.5 Å². The average Bonchev–Trinajstić information content (AvgIpc) is 2.15. The molecule has 1 heteroatoms. The molecule has 0 aliphatic carbocycles. The second-order valence-electron chi connectivity index (χ2n) is 6.23. The zero-order chi connectivity index (χ0) is 12.5. The maximum absolute atomic E-state index is 4.84. The lowest BCUT2D eigenvalue weighted by atomic mass is 9.83. The molecular weight excluding hydrogens is 194 g/mol. The van der Waals surface area contributed by atoms with Crippen molar-refractivity contribution in [3.63, 3.8) is 0 Å². The van der Waals surface area contributed by atoms with E-state index < -0.39 is 0 Å². The van der Waals surface area contributed by atoms with E-state index >= 15 is 0 Å². The number of hydrogen-bond acceptors (Lipinski definition) is 1. The number of nitrogens with zero attached hydrogens (tertiary/aromatic N) is 1. The van der Waals surface area contributed by atoms with Gasteiger partial charge in [-0.3, -0.25) is 4.98 Å². The van der Waals surface area contributed by atoms with Gasteiger partial charge in [0.15, 0.2) is 0 Å². The molecule has 1 heterocycles. The predicted molar refractivity (Wildman–Crippen MR) is 71.1 cm³/mol. The van der Waals surface area contributed by atoms with Crippen molar-refractivity contribution in [3.05, 3.63) is 29.1 Å². The van der Waals surface area contributed by atoms with Crippen molar-refractivity contribution in [3.8, 4) is 0 Å². The van der Waals surface area contributed by atoms with Crippen LogP contribution in [-0.2, 0) is 5.41 Å². The highest BCUT2D eigenvalue weighted by Crippen LogP contribution is 2.30. The molecule has 0 atom stereocenters. The minimum absolute atomic E-state index is 0.183. The smallest absolute Gasteiger partial charge is 0.0469 e. The number of pyridine rings is 1. The van der Waals surface area contributed by atoms with Gasteiger partial charge in [-0.2, -0.15) is 0 Å². The summed E-state index contributed by atoms with van der Waals surface area (Å²) >= 11 is 0. The molecule has 90 valence electrons. The molecule has 16 heavy (non-hydrogen) atoms. The van der Waals surface area contributed by atoms with Crippen LogP contribution < -0.4 is 0 Å². The Labute approximate surface area is 100 Å². The second-order valence-corrected chi connectivity index (χ2v) is 6.23. The van der Waals surface area contributed by atoms with Gasteiger partial charge in [-0.15, -0.1) is 0 Å². The van der Waals surface area contributed by atoms with Crippen LogP contribution in [-0.4, -0.2) is 4.98 Å². The van der Waals surface area contributed by atoms with Crippen LogP contribution in [0, 0.1) is 0 Å². The van der Waals surface area contributed by atoms with E-state index in [9.17, 15) is 0 Å². The molecule has 0 aromatic carbocycles. The van der Waals surface area contributed by atoms with Crippen molar-refractivity contribution < 1.29 is 0 Å². The lowest BCUT2D eigenvalue weighted by Gasteiger charge is -2.25. The fourth-order valence-electron chi connectivity index (χ4n) is 1.89. The van der Waals surface area contributed by atoms with E-state index in [4.69, 9.17) is 4.98 Å². The Morgan fingerprint density at radius 3 is 1.88 bits per heavy atom. The Balaban J connectivity index is 3.31. The fraction of sp³-hybridized carbons (Fsp3) is 0.667. The van der Waals surface area contributed by atoms with E-state index in [1.807, 2.05) is 0 Å². The fourth-order valence-corrected chi connectivity index (χ4v) is 1.89. The first-order valence-corrected chi connectivity index (χ1v) is 6.24. The summed E-state index contributed by atoms with van der Waals surface area (Å²) in [6.07, 6.45) is 0. The molecule has 0 fully saturated rings. The van der Waals surface area contributed by atoms with Gasteiger partial charge < -0.3 is 0 Å². The molecule has 0 radical (unpaired) electrons. The first kappa shape index (κ1) is 13.2. The lowest BCUT2D eigenvalue weighted by molar-refractivity contribution is 0.567. The molecular formula is C15H25N. The molecule has 0 bridgehead atoms. The molecule has 0 spiro atoms. The van der Waals surface area contributed by atoms with Crippen molar-refractivity contribution in [2.75, 3.05) is 0 Å². The lowest BCUT2D eigenvalue weighted by Crippen LogP contribution is -2.17. The van der Waals surface area contributed by atoms with Crippen LogP contribution in [0.4, 0.5) is 0 Å². The third-order valence-corrected chi connectivity index (χ3v) is 2.89. The third kappa shape index (κ3) is 2.84. The van der Waals surface area contributed by atoms with Gasteiger partial charge in [0.1, 0.15) is 0 Å². The van der Waals surface area contributed by atoms with Gasteiger partial charge in [0.05, 0.1) is 0 Å². The van der Waals surface area contributed by atoms with Crippen molar-refractivity contribution in [2.45, 2.75) is 65.7 Å². The molecule has 0 unspecified atom stereocenters. The van der Waals surface area contributed by atoms with Gasteiger partial charge in [-0.25, -0.2) is 0 Å². The van der Waals surface area contributed by atoms with Crippen molar-refractivity contribution in [2.24, 2.45) is 0 Å². The van der Waals surface area contributed by atoms with Crippen LogP contribution >= 0.6 is 0 Å². The Hall–Kier alpha value is -0.850. The Bertz CT molecular complexity index is 356. The number of rotatable bonds is 2. The summed E-state index contributed by atoms with van der Waals surface area (Å²) in [7, 11) is 0. The van der Waals surface area contributed by atoms with Crippen LogP contribution in [0.3, 0.4) is 0 Å². The molecule has 0 amide bonds. The highest BCUT2D eigenvalue weighted by atomic mass is 14.7. The number of hydrogen-bond donors (Lipinski definition) is 0. The highest BCUT2D eigenvalue weighted by molar-refractivity contribution is 5.32. The van der Waals surface area contributed by atoms with Crippen LogP contribution in [0.2, 0.25) is 0 Å². The van der Waals surface area contributed by atoms with Crippen LogP contribution in [0.25, 0.3) is 0 Å². The zero-order valence-corrected chi connectivity index (χ0v) is 11.8. The standard InChI is InChI=1S/C15H25N/c1-10(2)13-9-8-12(15(5,6)7)14(16-13)11(3)4/h8-11H,1-7H3. The van der Waals surface area contributed by atoms with Crippen LogP contribution in [0.15, 0.2) is 12.1 Å². The Kier molecular flexibility index (Phi) is 3.77. The first-order valence-electron chi connectivity index (χ1n) is 6.24. The summed E-state index contributed by atoms with van der Waals surface area (Å²) in [6, 6.07) is 4.44. The minimum atomic E-state index is 0.183. The SMILES string of the molecule is CC(C)c1ccc(C(C)(C)C)c(C(C)C)n1. The second kappa shape index (κ2) is 4.57. The molecule has 1 rings (SSSR count). The molecule has 0 saturated heterocycles. The highest BCUT2D eigenvalue weighted by Gasteiger charge is 2.21. The van der Waals surface area contributed by atoms with Gasteiger partial charge in [0, 0.05) is 11.4 Å². The predicted octanol–water partition coefficient (Wildman–Crippen LogP) is 4.63. The van der Waals surface area contributed by atoms with E-state index in [0.29, 0.717) is 11.8 Å². The van der Waals surface area contributed by atoms with Crippen molar-refractivity contribution >= 4 is 0 Å². The average molecular weight is 219 g/mol. The van der Waals surface area contributed by atoms with Crippen molar-refractivity contribution in [1.82, 2.24) is 4.98 Å². The summed E-state index contributed by atoms with van der Waals surface area (Å²) in [5.41, 5.74) is 4.03. The van der Waals surface area contributed by atoms with Gasteiger partial charge >= 0.3 is 0 Å². The largest absolute Gasteiger partial charge is 0.257 e.